The van der Waals surface area contributed by atoms with E-state index in [9.17, 15) is 0 Å². The molecule has 0 aromatic rings. The Hall–Kier alpha value is -0.730. The van der Waals surface area contributed by atoms with Crippen LogP contribution in [0.25, 0.3) is 0 Å². The van der Waals surface area contributed by atoms with E-state index in [0.29, 0.717) is 11.6 Å². The van der Waals surface area contributed by atoms with E-state index in [1.165, 1.54) is 25.7 Å². The van der Waals surface area contributed by atoms with Crippen molar-refractivity contribution in [3.63, 3.8) is 0 Å². The van der Waals surface area contributed by atoms with Crippen molar-refractivity contribution in [2.45, 2.75) is 66.5 Å². The Morgan fingerprint density at radius 2 is 1.88 bits per heavy atom. The molecule has 0 saturated carbocycles. The molecule has 100 valence electrons. The first kappa shape index (κ1) is 14.3. The van der Waals surface area contributed by atoms with E-state index in [0.717, 1.165) is 13.1 Å². The minimum atomic E-state index is 0.332. The summed E-state index contributed by atoms with van der Waals surface area (Å²) >= 11 is 0. The molecule has 1 aliphatic heterocycles. The summed E-state index contributed by atoms with van der Waals surface area (Å²) in [4.78, 5) is 2.42. The van der Waals surface area contributed by atoms with Gasteiger partial charge >= 0.3 is 0 Å². The van der Waals surface area contributed by atoms with Gasteiger partial charge in [-0.25, -0.2) is 0 Å². The predicted molar refractivity (Wildman–Crippen MR) is 75.0 cm³/mol. The van der Waals surface area contributed by atoms with Gasteiger partial charge in [-0.3, -0.25) is 5.01 Å². The smallest absolute Gasteiger partial charge is 0.119 e. The van der Waals surface area contributed by atoms with E-state index in [-0.39, 0.29) is 0 Å². The van der Waals surface area contributed by atoms with Gasteiger partial charge in [0.05, 0.1) is 0 Å². The van der Waals surface area contributed by atoms with Crippen molar-refractivity contribution in [2.24, 2.45) is 10.5 Å². The fourth-order valence-electron chi connectivity index (χ4n) is 2.25. The summed E-state index contributed by atoms with van der Waals surface area (Å²) in [5, 5.41) is 6.85. The van der Waals surface area contributed by atoms with Crippen molar-refractivity contribution in [3.05, 3.63) is 0 Å². The highest BCUT2D eigenvalue weighted by Gasteiger charge is 2.29. The molecule has 0 N–H and O–H groups in total. The minimum Gasteiger partial charge on any atom is -0.339 e. The number of rotatable bonds is 6. The zero-order valence-corrected chi connectivity index (χ0v) is 12.2. The summed E-state index contributed by atoms with van der Waals surface area (Å²) in [6, 6.07) is 0. The van der Waals surface area contributed by atoms with Gasteiger partial charge in [-0.05, 0) is 18.3 Å². The van der Waals surface area contributed by atoms with Crippen LogP contribution >= 0.6 is 0 Å². The average molecular weight is 239 g/mol. The van der Waals surface area contributed by atoms with Crippen LogP contribution in [0.3, 0.4) is 0 Å². The maximum absolute atomic E-state index is 4.57. The van der Waals surface area contributed by atoms with Gasteiger partial charge in [-0.2, -0.15) is 5.10 Å². The third kappa shape index (κ3) is 4.57. The Balaban J connectivity index is 2.57. The standard InChI is InChI=1S/C14H29N3/c1-6-8-10-17-13(9-7-2)16(12-15-17)11-14(3,4)5/h12-13H,6-11H2,1-5H3. The second-order valence-corrected chi connectivity index (χ2v) is 6.25. The van der Waals surface area contributed by atoms with Gasteiger partial charge in [0, 0.05) is 13.1 Å². The third-order valence-electron chi connectivity index (χ3n) is 3.02. The first-order valence-corrected chi connectivity index (χ1v) is 7.04. The van der Waals surface area contributed by atoms with Crippen molar-refractivity contribution >= 4 is 6.34 Å². The molecule has 0 spiro atoms. The van der Waals surface area contributed by atoms with Crippen molar-refractivity contribution in [3.8, 4) is 0 Å². The van der Waals surface area contributed by atoms with E-state index in [4.69, 9.17) is 0 Å². The number of nitrogens with zero attached hydrogens (tertiary/aromatic N) is 3. The van der Waals surface area contributed by atoms with Crippen LogP contribution in [-0.2, 0) is 0 Å². The number of hydrogen-bond acceptors (Lipinski definition) is 3. The number of hydrazone groups is 1. The molecule has 0 aliphatic carbocycles. The highest BCUT2D eigenvalue weighted by molar-refractivity contribution is 5.57. The van der Waals surface area contributed by atoms with E-state index >= 15 is 0 Å². The van der Waals surface area contributed by atoms with Gasteiger partial charge in [-0.15, -0.1) is 0 Å². The fraction of sp³-hybridized carbons (Fsp3) is 0.929. The van der Waals surface area contributed by atoms with Crippen molar-refractivity contribution in [2.75, 3.05) is 13.1 Å². The van der Waals surface area contributed by atoms with Gasteiger partial charge in [-0.1, -0.05) is 47.5 Å². The molecule has 0 bridgehead atoms. The second kappa shape index (κ2) is 6.27. The lowest BCUT2D eigenvalue weighted by Gasteiger charge is -2.34. The van der Waals surface area contributed by atoms with Crippen LogP contribution in [0.5, 0.6) is 0 Å². The molecule has 3 nitrogen and oxygen atoms in total. The normalized spacial score (nSPS) is 20.4. The van der Waals surface area contributed by atoms with Crippen molar-refractivity contribution in [1.29, 1.82) is 0 Å². The number of hydrogen-bond donors (Lipinski definition) is 0. The summed E-state index contributed by atoms with van der Waals surface area (Å²) < 4.78 is 0. The lowest BCUT2D eigenvalue weighted by Crippen LogP contribution is -2.43. The SMILES string of the molecule is CCCCN1N=CN(CC(C)(C)C)C1CCC. The van der Waals surface area contributed by atoms with Crippen LogP contribution in [-0.4, -0.2) is 35.5 Å². The van der Waals surface area contributed by atoms with Crippen LogP contribution in [0.2, 0.25) is 0 Å². The van der Waals surface area contributed by atoms with Gasteiger partial charge in [0.25, 0.3) is 0 Å². The summed E-state index contributed by atoms with van der Waals surface area (Å²) in [5.74, 6) is 0. The Kier molecular flexibility index (Phi) is 5.29. The molecule has 17 heavy (non-hydrogen) atoms. The molecule has 1 heterocycles. The Morgan fingerprint density at radius 3 is 2.41 bits per heavy atom. The van der Waals surface area contributed by atoms with E-state index in [1.807, 2.05) is 6.34 Å². The van der Waals surface area contributed by atoms with E-state index in [1.54, 1.807) is 0 Å². The molecule has 0 aromatic carbocycles. The molecule has 1 unspecified atom stereocenters. The Morgan fingerprint density at radius 1 is 1.18 bits per heavy atom. The zero-order valence-electron chi connectivity index (χ0n) is 12.2. The highest BCUT2D eigenvalue weighted by Crippen LogP contribution is 2.23. The van der Waals surface area contributed by atoms with E-state index < -0.39 is 0 Å². The van der Waals surface area contributed by atoms with Gasteiger partial charge in [0.15, 0.2) is 0 Å². The second-order valence-electron chi connectivity index (χ2n) is 6.25. The largest absolute Gasteiger partial charge is 0.339 e. The Labute approximate surface area is 107 Å². The molecule has 0 amide bonds. The predicted octanol–water partition coefficient (Wildman–Crippen LogP) is 3.52. The van der Waals surface area contributed by atoms with Crippen LogP contribution < -0.4 is 0 Å². The molecule has 1 atom stereocenters. The maximum Gasteiger partial charge on any atom is 0.119 e. The zero-order chi connectivity index (χ0) is 12.9. The summed E-state index contributed by atoms with van der Waals surface area (Å²) in [6.07, 6.45) is 7.44. The molecule has 0 radical (unpaired) electrons. The summed E-state index contributed by atoms with van der Waals surface area (Å²) in [5.41, 5.74) is 0.332. The maximum atomic E-state index is 4.57. The molecular formula is C14H29N3. The summed E-state index contributed by atoms with van der Waals surface area (Å²) in [7, 11) is 0. The lowest BCUT2D eigenvalue weighted by atomic mass is 9.96. The van der Waals surface area contributed by atoms with Crippen LogP contribution in [0.15, 0.2) is 5.10 Å². The van der Waals surface area contributed by atoms with Crippen LogP contribution in [0.4, 0.5) is 0 Å². The van der Waals surface area contributed by atoms with Crippen molar-refractivity contribution < 1.29 is 0 Å². The van der Waals surface area contributed by atoms with Crippen LogP contribution in [0.1, 0.15) is 60.3 Å². The Bertz CT molecular complexity index is 242. The first-order valence-electron chi connectivity index (χ1n) is 7.04. The molecule has 0 saturated heterocycles. The minimum absolute atomic E-state index is 0.332. The van der Waals surface area contributed by atoms with Crippen molar-refractivity contribution in [1.82, 2.24) is 9.91 Å². The lowest BCUT2D eigenvalue weighted by molar-refractivity contribution is 0.0981. The van der Waals surface area contributed by atoms with Gasteiger partial charge in [0.1, 0.15) is 12.5 Å². The molecule has 0 fully saturated rings. The summed E-state index contributed by atoms with van der Waals surface area (Å²) in [6.45, 7) is 13.5. The molecule has 0 aromatic heterocycles. The molecule has 1 aliphatic rings. The molecule has 3 heteroatoms. The quantitative estimate of drug-likeness (QED) is 0.706. The molecular weight excluding hydrogens is 210 g/mol. The fourth-order valence-corrected chi connectivity index (χ4v) is 2.25. The average Bonchev–Trinajstić information content (AvgIpc) is 2.57. The van der Waals surface area contributed by atoms with Gasteiger partial charge in [0.2, 0.25) is 0 Å². The third-order valence-corrected chi connectivity index (χ3v) is 3.02. The van der Waals surface area contributed by atoms with E-state index in [2.05, 4.69) is 49.6 Å². The monoisotopic (exact) mass is 239 g/mol. The topological polar surface area (TPSA) is 18.8 Å². The highest BCUT2D eigenvalue weighted by atomic mass is 15.6. The van der Waals surface area contributed by atoms with Gasteiger partial charge < -0.3 is 4.90 Å². The number of unbranched alkanes of at least 4 members (excludes halogenated alkanes) is 1. The molecule has 1 rings (SSSR count). The first-order chi connectivity index (χ1) is 7.98. The van der Waals surface area contributed by atoms with Crippen LogP contribution in [0, 0.1) is 5.41 Å².